The maximum Gasteiger partial charge on any atom is 0.138 e. The van der Waals surface area contributed by atoms with Crippen LogP contribution in [0.4, 0.5) is 5.69 Å². The number of nitrogens with two attached hydrogens (primary N) is 1. The van der Waals surface area contributed by atoms with E-state index >= 15 is 0 Å². The molecule has 0 amide bonds. The summed E-state index contributed by atoms with van der Waals surface area (Å²) in [6.07, 6.45) is 1.70. The lowest BCUT2D eigenvalue weighted by atomic mass is 10.1. The van der Waals surface area contributed by atoms with Gasteiger partial charge in [0.05, 0.1) is 22.8 Å². The van der Waals surface area contributed by atoms with Crippen LogP contribution < -0.4 is 15.2 Å². The van der Waals surface area contributed by atoms with Gasteiger partial charge in [0.25, 0.3) is 0 Å². The third kappa shape index (κ3) is 3.95. The van der Waals surface area contributed by atoms with Crippen LogP contribution in [0, 0.1) is 6.92 Å². The van der Waals surface area contributed by atoms with Crippen LogP contribution in [-0.4, -0.2) is 25.3 Å². The molecule has 0 unspecified atom stereocenters. The highest BCUT2D eigenvalue weighted by Gasteiger charge is 2.10. The molecule has 0 radical (unpaired) electrons. The highest BCUT2D eigenvalue weighted by Crippen LogP contribution is 2.34. The molecule has 0 aliphatic carbocycles. The van der Waals surface area contributed by atoms with Gasteiger partial charge in [0, 0.05) is 30.8 Å². The first-order chi connectivity index (χ1) is 12.1. The average molecular weight is 359 g/mol. The van der Waals surface area contributed by atoms with E-state index in [9.17, 15) is 0 Å². The molecule has 2 aromatic carbocycles. The molecule has 6 heteroatoms. The van der Waals surface area contributed by atoms with Gasteiger partial charge in [-0.2, -0.15) is 0 Å². The fourth-order valence-electron chi connectivity index (χ4n) is 2.43. The molecule has 0 saturated heterocycles. The second-order valence-corrected chi connectivity index (χ2v) is 5.98. The summed E-state index contributed by atoms with van der Waals surface area (Å²) in [6.45, 7) is 3.01. The predicted octanol–water partition coefficient (Wildman–Crippen LogP) is 4.60. The molecule has 25 heavy (non-hydrogen) atoms. The summed E-state index contributed by atoms with van der Waals surface area (Å²) in [7, 11) is 1.64. The number of rotatable bonds is 6. The van der Waals surface area contributed by atoms with Gasteiger partial charge in [-0.1, -0.05) is 11.6 Å². The highest BCUT2D eigenvalue weighted by atomic mass is 35.5. The van der Waals surface area contributed by atoms with Crippen molar-refractivity contribution >= 4 is 28.2 Å². The summed E-state index contributed by atoms with van der Waals surface area (Å²) in [5.74, 6) is 2.09. The number of anilines is 1. The normalized spacial score (nSPS) is 10.8. The van der Waals surface area contributed by atoms with Gasteiger partial charge in [-0.15, -0.1) is 0 Å². The van der Waals surface area contributed by atoms with E-state index in [2.05, 4.69) is 4.98 Å². The first-order valence-electron chi connectivity index (χ1n) is 7.82. The van der Waals surface area contributed by atoms with Crippen LogP contribution in [0.15, 0.2) is 42.6 Å². The molecular weight excluding hydrogens is 340 g/mol. The Morgan fingerprint density at radius 2 is 1.92 bits per heavy atom. The largest absolute Gasteiger partial charge is 0.491 e. The van der Waals surface area contributed by atoms with Gasteiger partial charge >= 0.3 is 0 Å². The second-order valence-electron chi connectivity index (χ2n) is 5.57. The van der Waals surface area contributed by atoms with Crippen molar-refractivity contribution < 1.29 is 14.2 Å². The summed E-state index contributed by atoms with van der Waals surface area (Å²) < 4.78 is 16.7. The van der Waals surface area contributed by atoms with Crippen LogP contribution in [0.2, 0.25) is 5.02 Å². The SMILES string of the molecule is COCCOc1cc2nccc(Oc3ccc(N)c(Cl)c3)c2cc1C. The Bertz CT molecular complexity index is 899. The maximum atomic E-state index is 6.06. The number of ether oxygens (including phenoxy) is 3. The van der Waals surface area contributed by atoms with Gasteiger partial charge in [0.1, 0.15) is 23.9 Å². The molecule has 0 atom stereocenters. The Balaban J connectivity index is 1.93. The number of fused-ring (bicyclic) bond motifs is 1. The number of nitrogen functional groups attached to an aromatic ring is 1. The summed E-state index contributed by atoms with van der Waals surface area (Å²) in [4.78, 5) is 4.41. The molecule has 1 aromatic heterocycles. The Morgan fingerprint density at radius 3 is 2.68 bits per heavy atom. The van der Waals surface area contributed by atoms with Gasteiger partial charge in [-0.25, -0.2) is 0 Å². The van der Waals surface area contributed by atoms with Crippen LogP contribution in [0.3, 0.4) is 0 Å². The number of hydrogen-bond acceptors (Lipinski definition) is 5. The zero-order valence-corrected chi connectivity index (χ0v) is 14.8. The molecule has 5 nitrogen and oxygen atoms in total. The fourth-order valence-corrected chi connectivity index (χ4v) is 2.60. The molecule has 0 fully saturated rings. The Kier molecular flexibility index (Phi) is 5.26. The topological polar surface area (TPSA) is 66.6 Å². The minimum atomic E-state index is 0.459. The van der Waals surface area contributed by atoms with Crippen LogP contribution in [0.25, 0.3) is 10.9 Å². The quantitative estimate of drug-likeness (QED) is 0.515. The van der Waals surface area contributed by atoms with E-state index in [1.807, 2.05) is 25.1 Å². The highest BCUT2D eigenvalue weighted by molar-refractivity contribution is 6.33. The van der Waals surface area contributed by atoms with Gasteiger partial charge in [0.15, 0.2) is 0 Å². The Morgan fingerprint density at radius 1 is 1.08 bits per heavy atom. The maximum absolute atomic E-state index is 6.06. The lowest BCUT2D eigenvalue weighted by molar-refractivity contribution is 0.146. The number of aromatic nitrogens is 1. The number of nitrogens with zero attached hydrogens (tertiary/aromatic N) is 1. The van der Waals surface area contributed by atoms with E-state index in [4.69, 9.17) is 31.5 Å². The van der Waals surface area contributed by atoms with Crippen LogP contribution in [-0.2, 0) is 4.74 Å². The smallest absolute Gasteiger partial charge is 0.138 e. The Labute approximate surface area is 151 Å². The van der Waals surface area contributed by atoms with Gasteiger partial charge in [-0.3, -0.25) is 4.98 Å². The number of halogens is 1. The minimum absolute atomic E-state index is 0.459. The van der Waals surface area contributed by atoms with Crippen LogP contribution >= 0.6 is 11.6 Å². The van der Waals surface area contributed by atoms with Crippen molar-refractivity contribution in [3.05, 3.63) is 53.2 Å². The minimum Gasteiger partial charge on any atom is -0.491 e. The summed E-state index contributed by atoms with van der Waals surface area (Å²) in [6, 6.07) is 10.9. The molecule has 130 valence electrons. The monoisotopic (exact) mass is 358 g/mol. The molecule has 0 spiro atoms. The zero-order valence-electron chi connectivity index (χ0n) is 14.1. The number of hydrogen-bond donors (Lipinski definition) is 1. The van der Waals surface area contributed by atoms with E-state index < -0.39 is 0 Å². The fraction of sp³-hybridized carbons (Fsp3) is 0.211. The van der Waals surface area contributed by atoms with Crippen molar-refractivity contribution in [3.63, 3.8) is 0 Å². The second kappa shape index (κ2) is 7.59. The van der Waals surface area contributed by atoms with Crippen molar-refractivity contribution in [2.45, 2.75) is 6.92 Å². The van der Waals surface area contributed by atoms with Gasteiger partial charge < -0.3 is 19.9 Å². The van der Waals surface area contributed by atoms with E-state index in [1.165, 1.54) is 0 Å². The van der Waals surface area contributed by atoms with E-state index in [-0.39, 0.29) is 0 Å². The van der Waals surface area contributed by atoms with Crippen molar-refractivity contribution in [2.75, 3.05) is 26.1 Å². The predicted molar refractivity (Wildman–Crippen MR) is 99.8 cm³/mol. The molecule has 0 aliphatic rings. The van der Waals surface area contributed by atoms with Crippen LogP contribution in [0.1, 0.15) is 5.56 Å². The third-order valence-electron chi connectivity index (χ3n) is 3.74. The summed E-state index contributed by atoms with van der Waals surface area (Å²) in [5, 5.41) is 1.35. The van der Waals surface area contributed by atoms with E-state index in [0.717, 1.165) is 22.2 Å². The molecule has 0 aliphatic heterocycles. The first kappa shape index (κ1) is 17.3. The number of benzene rings is 2. The number of methoxy groups -OCH3 is 1. The van der Waals surface area contributed by atoms with Crippen molar-refractivity contribution in [3.8, 4) is 17.2 Å². The standard InChI is InChI=1S/C19H19ClN2O3/c1-12-9-14-17(11-19(12)24-8-7-23-2)22-6-5-18(14)25-13-3-4-16(21)15(20)10-13/h3-6,9-11H,7-8,21H2,1-2H3. The summed E-state index contributed by atoms with van der Waals surface area (Å²) in [5.41, 5.74) is 8.04. The molecule has 0 bridgehead atoms. The Hall–Kier alpha value is -2.50. The molecular formula is C19H19ClN2O3. The zero-order chi connectivity index (χ0) is 17.8. The van der Waals surface area contributed by atoms with Crippen molar-refractivity contribution in [2.24, 2.45) is 0 Å². The third-order valence-corrected chi connectivity index (χ3v) is 4.07. The van der Waals surface area contributed by atoms with E-state index in [1.54, 1.807) is 31.5 Å². The molecule has 2 N–H and O–H groups in total. The van der Waals surface area contributed by atoms with E-state index in [0.29, 0.717) is 35.4 Å². The number of aryl methyl sites for hydroxylation is 1. The lowest BCUT2D eigenvalue weighted by Gasteiger charge is -2.13. The molecule has 3 aromatic rings. The van der Waals surface area contributed by atoms with Crippen molar-refractivity contribution in [1.82, 2.24) is 4.98 Å². The number of pyridine rings is 1. The first-order valence-corrected chi connectivity index (χ1v) is 8.20. The molecule has 1 heterocycles. The molecule has 3 rings (SSSR count). The summed E-state index contributed by atoms with van der Waals surface area (Å²) >= 11 is 6.06. The van der Waals surface area contributed by atoms with Crippen molar-refractivity contribution in [1.29, 1.82) is 0 Å². The lowest BCUT2D eigenvalue weighted by Crippen LogP contribution is -2.05. The molecule has 0 saturated carbocycles. The van der Waals surface area contributed by atoms with Crippen LogP contribution in [0.5, 0.6) is 17.2 Å². The average Bonchev–Trinajstić information content (AvgIpc) is 2.59. The van der Waals surface area contributed by atoms with Gasteiger partial charge in [-0.05, 0) is 36.8 Å². The van der Waals surface area contributed by atoms with Gasteiger partial charge in [0.2, 0.25) is 0 Å².